The summed E-state index contributed by atoms with van der Waals surface area (Å²) in [4.78, 5) is 1.93. The minimum Gasteiger partial charge on any atom is -0.378 e. The molecule has 1 nitrogen and oxygen atoms in total. The topological polar surface area (TPSA) is 3.24 Å². The molecule has 9 heavy (non-hydrogen) atoms. The van der Waals surface area contributed by atoms with E-state index in [9.17, 15) is 0 Å². The maximum atomic E-state index is 5.40. The van der Waals surface area contributed by atoms with Crippen LogP contribution in [0.25, 0.3) is 0 Å². The first-order valence-electron chi connectivity index (χ1n) is 2.77. The second-order valence-corrected chi connectivity index (χ2v) is 2.25. The van der Waals surface area contributed by atoms with Gasteiger partial charge in [-0.2, -0.15) is 0 Å². The fraction of sp³-hybridized carbons (Fsp3) is 0.429. The number of rotatable bonds is 3. The van der Waals surface area contributed by atoms with Crippen molar-refractivity contribution in [3.63, 3.8) is 0 Å². The van der Waals surface area contributed by atoms with Gasteiger partial charge in [-0.05, 0) is 6.08 Å². The van der Waals surface area contributed by atoms with E-state index in [-0.39, 0.29) is 0 Å². The van der Waals surface area contributed by atoms with Crippen molar-refractivity contribution in [2.45, 2.75) is 0 Å². The molecule has 0 N–H and O–H groups in total. The highest BCUT2D eigenvalue weighted by molar-refractivity contribution is 6.18. The van der Waals surface area contributed by atoms with Crippen LogP contribution in [-0.4, -0.2) is 24.9 Å². The van der Waals surface area contributed by atoms with Crippen LogP contribution in [-0.2, 0) is 0 Å². The Morgan fingerprint density at radius 1 is 1.67 bits per heavy atom. The number of halogens is 1. The summed E-state index contributed by atoms with van der Waals surface area (Å²) in [6.07, 6.45) is 3.76. The quantitative estimate of drug-likeness (QED) is 0.433. The number of allylic oxidation sites excluding steroid dienone is 2. The molecule has 0 aliphatic rings. The van der Waals surface area contributed by atoms with Crippen molar-refractivity contribution in [1.29, 1.82) is 0 Å². The zero-order valence-electron chi connectivity index (χ0n) is 5.89. The standard InChI is InChI=1S/C7H12ClN/c1-7(9(2)3)5-4-6-8/h4-5H,1,6H2,2-3H3/b5-4-. The maximum Gasteiger partial charge on any atom is 0.0407 e. The van der Waals surface area contributed by atoms with E-state index in [1.165, 1.54) is 0 Å². The van der Waals surface area contributed by atoms with Gasteiger partial charge in [0.1, 0.15) is 0 Å². The summed E-state index contributed by atoms with van der Waals surface area (Å²) in [5.74, 6) is 0.548. The normalized spacial score (nSPS) is 10.1. The average Bonchev–Trinajstić information content (AvgIpc) is 1.82. The second-order valence-electron chi connectivity index (χ2n) is 1.94. The smallest absolute Gasteiger partial charge is 0.0407 e. The SMILES string of the molecule is C=C(/C=C\CCl)N(C)C. The van der Waals surface area contributed by atoms with E-state index in [2.05, 4.69) is 6.58 Å². The van der Waals surface area contributed by atoms with E-state index in [0.29, 0.717) is 5.88 Å². The molecule has 0 atom stereocenters. The Hall–Kier alpha value is -0.430. The third-order valence-electron chi connectivity index (χ3n) is 0.974. The molecule has 0 spiro atoms. The molecule has 0 aliphatic carbocycles. The Kier molecular flexibility index (Phi) is 4.24. The van der Waals surface area contributed by atoms with E-state index in [0.717, 1.165) is 5.70 Å². The molecule has 0 aromatic rings. The van der Waals surface area contributed by atoms with Crippen molar-refractivity contribution < 1.29 is 0 Å². The molecule has 0 saturated heterocycles. The van der Waals surface area contributed by atoms with Gasteiger partial charge in [0, 0.05) is 25.7 Å². The molecule has 0 fully saturated rings. The van der Waals surface area contributed by atoms with Crippen LogP contribution in [0.4, 0.5) is 0 Å². The Labute approximate surface area is 61.6 Å². The van der Waals surface area contributed by atoms with Crippen molar-refractivity contribution in [3.05, 3.63) is 24.4 Å². The minimum atomic E-state index is 0.548. The number of hydrogen-bond donors (Lipinski definition) is 0. The molecule has 0 aromatic carbocycles. The largest absolute Gasteiger partial charge is 0.378 e. The zero-order chi connectivity index (χ0) is 7.28. The summed E-state index contributed by atoms with van der Waals surface area (Å²) >= 11 is 5.40. The molecule has 52 valence electrons. The minimum absolute atomic E-state index is 0.548. The van der Waals surface area contributed by atoms with Crippen LogP contribution in [0.2, 0.25) is 0 Å². The third-order valence-corrected chi connectivity index (χ3v) is 1.15. The van der Waals surface area contributed by atoms with Gasteiger partial charge < -0.3 is 4.90 Å². The average molecular weight is 146 g/mol. The summed E-state index contributed by atoms with van der Waals surface area (Å²) in [5, 5.41) is 0. The summed E-state index contributed by atoms with van der Waals surface area (Å²) in [6.45, 7) is 3.77. The van der Waals surface area contributed by atoms with Crippen molar-refractivity contribution in [1.82, 2.24) is 4.90 Å². The predicted molar refractivity (Wildman–Crippen MR) is 42.7 cm³/mol. The van der Waals surface area contributed by atoms with Gasteiger partial charge in [0.2, 0.25) is 0 Å². The lowest BCUT2D eigenvalue weighted by Gasteiger charge is -2.10. The van der Waals surface area contributed by atoms with Crippen LogP contribution in [0.1, 0.15) is 0 Å². The van der Waals surface area contributed by atoms with Gasteiger partial charge in [-0.25, -0.2) is 0 Å². The lowest BCUT2D eigenvalue weighted by Crippen LogP contribution is -2.07. The van der Waals surface area contributed by atoms with Crippen LogP contribution < -0.4 is 0 Å². The maximum absolute atomic E-state index is 5.40. The van der Waals surface area contributed by atoms with Crippen molar-refractivity contribution in [3.8, 4) is 0 Å². The first kappa shape index (κ1) is 8.57. The van der Waals surface area contributed by atoms with Crippen LogP contribution in [0.15, 0.2) is 24.4 Å². The Morgan fingerprint density at radius 3 is 2.56 bits per heavy atom. The summed E-state index contributed by atoms with van der Waals surface area (Å²) < 4.78 is 0. The van der Waals surface area contributed by atoms with Crippen molar-refractivity contribution in [2.24, 2.45) is 0 Å². The molecule has 0 rings (SSSR count). The predicted octanol–water partition coefficient (Wildman–Crippen LogP) is 1.86. The molecule has 0 radical (unpaired) electrons. The Balaban J connectivity index is 3.63. The highest BCUT2D eigenvalue weighted by atomic mass is 35.5. The Morgan fingerprint density at radius 2 is 2.22 bits per heavy atom. The third kappa shape index (κ3) is 4.10. The fourth-order valence-corrected chi connectivity index (χ4v) is 0.419. The van der Waals surface area contributed by atoms with Crippen LogP contribution in [0, 0.1) is 0 Å². The number of hydrogen-bond acceptors (Lipinski definition) is 1. The van der Waals surface area contributed by atoms with Crippen LogP contribution in [0.5, 0.6) is 0 Å². The molecule has 2 heteroatoms. The van der Waals surface area contributed by atoms with E-state index < -0.39 is 0 Å². The molecular weight excluding hydrogens is 134 g/mol. The van der Waals surface area contributed by atoms with Gasteiger partial charge in [-0.1, -0.05) is 12.7 Å². The van der Waals surface area contributed by atoms with Gasteiger partial charge in [0.25, 0.3) is 0 Å². The number of likely N-dealkylation sites (N-methyl/N-ethyl adjacent to an activating group) is 1. The number of nitrogens with zero attached hydrogens (tertiary/aromatic N) is 1. The highest BCUT2D eigenvalue weighted by Gasteiger charge is 1.85. The summed E-state index contributed by atoms with van der Waals surface area (Å²) in [5.41, 5.74) is 0.968. The van der Waals surface area contributed by atoms with Crippen LogP contribution in [0.3, 0.4) is 0 Å². The van der Waals surface area contributed by atoms with Gasteiger partial charge in [-0.3, -0.25) is 0 Å². The van der Waals surface area contributed by atoms with Gasteiger partial charge in [0.05, 0.1) is 0 Å². The molecular formula is C7H12ClN. The van der Waals surface area contributed by atoms with Gasteiger partial charge >= 0.3 is 0 Å². The highest BCUT2D eigenvalue weighted by Crippen LogP contribution is 1.95. The molecule has 0 saturated carbocycles. The van der Waals surface area contributed by atoms with Crippen molar-refractivity contribution in [2.75, 3.05) is 20.0 Å². The number of alkyl halides is 1. The first-order valence-corrected chi connectivity index (χ1v) is 3.30. The van der Waals surface area contributed by atoms with E-state index in [4.69, 9.17) is 11.6 Å². The van der Waals surface area contributed by atoms with E-state index in [1.807, 2.05) is 31.1 Å². The summed E-state index contributed by atoms with van der Waals surface area (Å²) in [7, 11) is 3.89. The molecule has 0 heterocycles. The first-order chi connectivity index (χ1) is 4.18. The van der Waals surface area contributed by atoms with Crippen LogP contribution >= 0.6 is 11.6 Å². The Bertz CT molecular complexity index is 116. The molecule has 0 amide bonds. The summed E-state index contributed by atoms with van der Waals surface area (Å²) in [6, 6.07) is 0. The molecule has 0 aromatic heterocycles. The lowest BCUT2D eigenvalue weighted by molar-refractivity contribution is 0.532. The molecule has 0 unspecified atom stereocenters. The van der Waals surface area contributed by atoms with E-state index >= 15 is 0 Å². The van der Waals surface area contributed by atoms with Crippen molar-refractivity contribution >= 4 is 11.6 Å². The zero-order valence-corrected chi connectivity index (χ0v) is 6.65. The lowest BCUT2D eigenvalue weighted by atomic mass is 10.4. The monoisotopic (exact) mass is 145 g/mol. The second kappa shape index (κ2) is 4.45. The van der Waals surface area contributed by atoms with E-state index in [1.54, 1.807) is 0 Å². The fourth-order valence-electron chi connectivity index (χ4n) is 0.330. The van der Waals surface area contributed by atoms with Gasteiger partial charge in [0.15, 0.2) is 0 Å². The molecule has 0 bridgehead atoms. The molecule has 0 aliphatic heterocycles. The van der Waals surface area contributed by atoms with Gasteiger partial charge in [-0.15, -0.1) is 11.6 Å².